The lowest BCUT2D eigenvalue weighted by Gasteiger charge is -2.40. The number of fused-ring (bicyclic) bond motifs is 1. The molecule has 1 aromatic heterocycles. The number of ketones is 3. The average Bonchev–Trinajstić information content (AvgIpc) is 2.70. The Hall–Kier alpha value is -3.34. The van der Waals surface area contributed by atoms with Crippen LogP contribution < -0.4 is 5.32 Å². The van der Waals surface area contributed by atoms with Gasteiger partial charge in [0.2, 0.25) is 5.78 Å². The molecular weight excluding hydrogens is 364 g/mol. The van der Waals surface area contributed by atoms with E-state index in [1.807, 2.05) is 19.9 Å². The number of aromatic nitrogens is 1. The van der Waals surface area contributed by atoms with Crippen molar-refractivity contribution in [3.63, 3.8) is 0 Å². The highest BCUT2D eigenvalue weighted by atomic mass is 16.1. The average molecular weight is 384 g/mol. The summed E-state index contributed by atoms with van der Waals surface area (Å²) in [6.07, 6.45) is 4.39. The molecule has 144 valence electrons. The third-order valence-corrected chi connectivity index (χ3v) is 5.95. The van der Waals surface area contributed by atoms with E-state index >= 15 is 0 Å². The van der Waals surface area contributed by atoms with Crippen LogP contribution in [-0.2, 0) is 4.79 Å². The Morgan fingerprint density at radius 3 is 2.34 bits per heavy atom. The molecular formula is C24H20N2O3. The Morgan fingerprint density at radius 1 is 0.931 bits per heavy atom. The highest BCUT2D eigenvalue weighted by Gasteiger charge is 2.46. The quantitative estimate of drug-likeness (QED) is 0.810. The smallest absolute Gasteiger partial charge is 0.210 e. The van der Waals surface area contributed by atoms with E-state index in [9.17, 15) is 14.4 Å². The van der Waals surface area contributed by atoms with E-state index in [-0.39, 0.29) is 22.8 Å². The lowest BCUT2D eigenvalue weighted by molar-refractivity contribution is -0.118. The Bertz CT molecular complexity index is 1160. The first kappa shape index (κ1) is 17.7. The van der Waals surface area contributed by atoms with Gasteiger partial charge in [-0.3, -0.25) is 19.4 Å². The Kier molecular flexibility index (Phi) is 3.72. The molecule has 0 radical (unpaired) electrons. The second-order valence-corrected chi connectivity index (χ2v) is 8.67. The number of nitrogens with one attached hydrogen (secondary N) is 1. The topological polar surface area (TPSA) is 76.1 Å². The van der Waals surface area contributed by atoms with E-state index in [1.165, 1.54) is 0 Å². The van der Waals surface area contributed by atoms with Crippen LogP contribution >= 0.6 is 0 Å². The van der Waals surface area contributed by atoms with Gasteiger partial charge in [0.15, 0.2) is 11.6 Å². The van der Waals surface area contributed by atoms with E-state index in [0.29, 0.717) is 40.8 Å². The maximum absolute atomic E-state index is 13.5. The van der Waals surface area contributed by atoms with Gasteiger partial charge in [-0.15, -0.1) is 0 Å². The summed E-state index contributed by atoms with van der Waals surface area (Å²) in [5.74, 6) is -0.973. The molecule has 3 aliphatic rings. The van der Waals surface area contributed by atoms with Crippen LogP contribution in [0.5, 0.6) is 0 Å². The van der Waals surface area contributed by atoms with Crippen molar-refractivity contribution in [3.8, 4) is 0 Å². The molecule has 0 bridgehead atoms. The highest BCUT2D eigenvalue weighted by Crippen LogP contribution is 2.48. The van der Waals surface area contributed by atoms with Gasteiger partial charge in [0.05, 0.1) is 5.70 Å². The van der Waals surface area contributed by atoms with Gasteiger partial charge in [-0.1, -0.05) is 44.2 Å². The summed E-state index contributed by atoms with van der Waals surface area (Å²) < 4.78 is 0. The molecule has 0 saturated heterocycles. The van der Waals surface area contributed by atoms with Gasteiger partial charge in [-0.05, 0) is 23.5 Å². The van der Waals surface area contributed by atoms with Crippen LogP contribution in [-0.4, -0.2) is 22.3 Å². The van der Waals surface area contributed by atoms with Crippen molar-refractivity contribution in [2.45, 2.75) is 32.6 Å². The van der Waals surface area contributed by atoms with Crippen molar-refractivity contribution < 1.29 is 14.4 Å². The van der Waals surface area contributed by atoms with Crippen molar-refractivity contribution in [3.05, 3.63) is 88.0 Å². The molecule has 0 amide bonds. The number of carbonyl (C=O) groups is 3. The maximum atomic E-state index is 13.5. The molecule has 1 atom stereocenters. The van der Waals surface area contributed by atoms with Gasteiger partial charge < -0.3 is 5.32 Å². The summed E-state index contributed by atoms with van der Waals surface area (Å²) in [6, 6.07) is 10.5. The van der Waals surface area contributed by atoms with Gasteiger partial charge >= 0.3 is 0 Å². The van der Waals surface area contributed by atoms with Gasteiger partial charge in [0, 0.05) is 52.7 Å². The third kappa shape index (κ3) is 2.61. The fourth-order valence-corrected chi connectivity index (χ4v) is 4.75. The van der Waals surface area contributed by atoms with Crippen LogP contribution in [0.1, 0.15) is 58.9 Å². The summed E-state index contributed by atoms with van der Waals surface area (Å²) in [6.45, 7) is 4.09. The van der Waals surface area contributed by atoms with Crippen molar-refractivity contribution in [2.24, 2.45) is 5.41 Å². The lowest BCUT2D eigenvalue weighted by Crippen LogP contribution is -2.42. The number of allylic oxidation sites excluding steroid dienone is 4. The largest absolute Gasteiger partial charge is 0.355 e. The third-order valence-electron chi connectivity index (χ3n) is 5.95. The number of hydrogen-bond acceptors (Lipinski definition) is 5. The monoisotopic (exact) mass is 384 g/mol. The van der Waals surface area contributed by atoms with E-state index < -0.39 is 5.92 Å². The van der Waals surface area contributed by atoms with Crippen molar-refractivity contribution >= 4 is 17.3 Å². The van der Waals surface area contributed by atoms with Crippen LogP contribution in [0, 0.1) is 5.41 Å². The Labute approximate surface area is 168 Å². The van der Waals surface area contributed by atoms with Crippen LogP contribution in [0.4, 0.5) is 0 Å². The molecule has 1 aliphatic heterocycles. The van der Waals surface area contributed by atoms with Crippen LogP contribution in [0.2, 0.25) is 0 Å². The number of hydrogen-bond donors (Lipinski definition) is 1. The molecule has 0 fully saturated rings. The predicted molar refractivity (Wildman–Crippen MR) is 107 cm³/mol. The number of carbonyl (C=O) groups excluding carboxylic acids is 3. The van der Waals surface area contributed by atoms with Gasteiger partial charge in [0.1, 0.15) is 0 Å². The molecule has 1 unspecified atom stereocenters. The summed E-state index contributed by atoms with van der Waals surface area (Å²) in [5.41, 5.74) is 3.33. The number of nitrogens with zero attached hydrogens (tertiary/aromatic N) is 1. The minimum Gasteiger partial charge on any atom is -0.355 e. The number of benzene rings is 1. The molecule has 5 rings (SSSR count). The number of rotatable bonds is 1. The molecule has 5 nitrogen and oxygen atoms in total. The summed E-state index contributed by atoms with van der Waals surface area (Å²) in [5, 5.41) is 3.21. The molecule has 0 spiro atoms. The van der Waals surface area contributed by atoms with Crippen LogP contribution in [0.25, 0.3) is 0 Å². The predicted octanol–water partition coefficient (Wildman–Crippen LogP) is 3.74. The second-order valence-electron chi connectivity index (χ2n) is 8.67. The SMILES string of the molecule is CC1(C)CC(=O)C2=C(C1)NC1=C(C(=O)c3ccccc3C1=O)C2c1cccnc1. The number of pyridine rings is 1. The van der Waals surface area contributed by atoms with Crippen LogP contribution in [0.3, 0.4) is 0 Å². The van der Waals surface area contributed by atoms with E-state index in [1.54, 1.807) is 42.7 Å². The second kappa shape index (κ2) is 6.08. The molecule has 2 heterocycles. The van der Waals surface area contributed by atoms with Gasteiger partial charge in [-0.25, -0.2) is 0 Å². The molecule has 1 N–H and O–H groups in total. The van der Waals surface area contributed by atoms with E-state index in [0.717, 1.165) is 11.3 Å². The van der Waals surface area contributed by atoms with E-state index in [4.69, 9.17) is 0 Å². The maximum Gasteiger partial charge on any atom is 0.210 e. The minimum atomic E-state index is -0.580. The van der Waals surface area contributed by atoms with Crippen molar-refractivity contribution in [2.75, 3.05) is 0 Å². The van der Waals surface area contributed by atoms with Crippen molar-refractivity contribution in [1.82, 2.24) is 10.3 Å². The zero-order valence-corrected chi connectivity index (χ0v) is 16.3. The zero-order chi connectivity index (χ0) is 20.3. The lowest BCUT2D eigenvalue weighted by atomic mass is 9.66. The first-order valence-corrected chi connectivity index (χ1v) is 9.73. The summed E-state index contributed by atoms with van der Waals surface area (Å²) >= 11 is 0. The van der Waals surface area contributed by atoms with Gasteiger partial charge in [-0.2, -0.15) is 0 Å². The molecule has 0 saturated carbocycles. The fourth-order valence-electron chi connectivity index (χ4n) is 4.75. The Balaban J connectivity index is 1.76. The summed E-state index contributed by atoms with van der Waals surface area (Å²) in [7, 11) is 0. The molecule has 29 heavy (non-hydrogen) atoms. The zero-order valence-electron chi connectivity index (χ0n) is 16.3. The fraction of sp³-hybridized carbons (Fsp3) is 0.250. The number of Topliss-reactive ketones (excluding diaryl/α,β-unsaturated/α-hetero) is 3. The van der Waals surface area contributed by atoms with Gasteiger partial charge in [0.25, 0.3) is 0 Å². The molecule has 1 aromatic carbocycles. The first-order valence-electron chi connectivity index (χ1n) is 9.73. The minimum absolute atomic E-state index is 0.0169. The standard InChI is InChI=1S/C24H20N2O3/c1-24(2)10-16-19(17(27)11-24)18(13-6-5-9-25-12-13)20-21(26-16)23(29)15-8-4-3-7-14(15)22(20)28/h3-9,12,18,26H,10-11H2,1-2H3. The summed E-state index contributed by atoms with van der Waals surface area (Å²) in [4.78, 5) is 44.2. The first-order chi connectivity index (χ1) is 13.9. The Morgan fingerprint density at radius 2 is 1.66 bits per heavy atom. The molecule has 2 aliphatic carbocycles. The normalized spacial score (nSPS) is 22.7. The molecule has 5 heteroatoms. The van der Waals surface area contributed by atoms with E-state index in [2.05, 4.69) is 10.3 Å². The molecule has 2 aromatic rings. The van der Waals surface area contributed by atoms with Crippen LogP contribution in [0.15, 0.2) is 71.3 Å². The highest BCUT2D eigenvalue weighted by molar-refractivity contribution is 6.28. The van der Waals surface area contributed by atoms with Crippen molar-refractivity contribution in [1.29, 1.82) is 0 Å². The number of dihydropyridines is 1.